The predicted octanol–water partition coefficient (Wildman–Crippen LogP) is 1.17. The fourth-order valence-electron chi connectivity index (χ4n) is 0.960. The zero-order valence-electron chi connectivity index (χ0n) is 7.30. The summed E-state index contributed by atoms with van der Waals surface area (Å²) in [6.45, 7) is 0. The van der Waals surface area contributed by atoms with Gasteiger partial charge in [-0.1, -0.05) is 19.3 Å². The molecular weight excluding hydrogens is 371 g/mol. The number of carboxylic acid groups (broad SMARTS) is 2. The van der Waals surface area contributed by atoms with E-state index in [0.717, 1.165) is 19.3 Å². The molecule has 2 atom stereocenters. The number of aliphatic carboxylic acids is 2. The predicted molar refractivity (Wildman–Crippen MR) is 45.3 cm³/mol. The van der Waals surface area contributed by atoms with Crippen molar-refractivity contribution in [2.75, 3.05) is 0 Å². The topological polar surface area (TPSA) is 122 Å². The van der Waals surface area contributed by atoms with Crippen LogP contribution in [-0.2, 0) is 30.7 Å². The molecule has 84 valence electrons. The van der Waals surface area contributed by atoms with Gasteiger partial charge in [0.1, 0.15) is 0 Å². The van der Waals surface area contributed by atoms with Gasteiger partial charge in [0.05, 0.1) is 0 Å². The van der Waals surface area contributed by atoms with Crippen LogP contribution in [0.3, 0.4) is 0 Å². The summed E-state index contributed by atoms with van der Waals surface area (Å²) < 4.78 is 0. The average Bonchev–Trinajstić information content (AvgIpc) is 2.37. The van der Waals surface area contributed by atoms with Gasteiger partial charge in [0.15, 0.2) is 0 Å². The van der Waals surface area contributed by atoms with Gasteiger partial charge in [0.2, 0.25) is 0 Å². The van der Waals surface area contributed by atoms with E-state index in [0.29, 0.717) is 0 Å². The first-order chi connectivity index (χ1) is 5.95. The Morgan fingerprint density at radius 2 is 1.29 bits per heavy atom. The molecule has 1 fully saturated rings. The Morgan fingerprint density at radius 1 is 1.00 bits per heavy atom. The molecule has 1 aliphatic carbocycles. The van der Waals surface area contributed by atoms with Gasteiger partial charge in [-0.3, -0.25) is 0 Å². The minimum atomic E-state index is -1.82. The third-order valence-electron chi connectivity index (χ3n) is 1.70. The van der Waals surface area contributed by atoms with Gasteiger partial charge in [-0.15, -0.1) is 0 Å². The number of carboxylic acids is 2. The van der Waals surface area contributed by atoms with Crippen molar-refractivity contribution in [3.05, 3.63) is 11.5 Å². The molecule has 6 nitrogen and oxygen atoms in total. The monoisotopic (exact) mass is 383 g/mol. The summed E-state index contributed by atoms with van der Waals surface area (Å²) in [5, 5.41) is 14.8. The molecule has 0 aromatic rings. The average molecular weight is 383 g/mol. The Kier molecular flexibility index (Phi) is 9.03. The maximum Gasteiger partial charge on any atom is 2.00 e. The van der Waals surface area contributed by atoms with E-state index in [1.165, 1.54) is 0 Å². The van der Waals surface area contributed by atoms with Crippen LogP contribution in [0.2, 0.25) is 0 Å². The van der Waals surface area contributed by atoms with E-state index in [1.54, 1.807) is 0 Å². The van der Waals surface area contributed by atoms with Crippen molar-refractivity contribution in [3.63, 3.8) is 0 Å². The summed E-state index contributed by atoms with van der Waals surface area (Å²) >= 11 is 0. The molecule has 1 aliphatic rings. The Hall–Kier alpha value is -0.452. The van der Waals surface area contributed by atoms with Crippen molar-refractivity contribution in [3.8, 4) is 0 Å². The summed E-state index contributed by atoms with van der Waals surface area (Å²) in [7, 11) is 0. The minimum Gasteiger partial charge on any atom is -0.676 e. The van der Waals surface area contributed by atoms with E-state index >= 15 is 0 Å². The second kappa shape index (κ2) is 7.91. The zero-order valence-corrected chi connectivity index (χ0v) is 9.58. The molecule has 0 radical (unpaired) electrons. The maximum absolute atomic E-state index is 9.10. The molecule has 14 heavy (non-hydrogen) atoms. The molecule has 0 aromatic heterocycles. The molecule has 0 spiro atoms. The van der Waals surface area contributed by atoms with Gasteiger partial charge in [0, 0.05) is 0 Å². The van der Waals surface area contributed by atoms with Crippen molar-refractivity contribution >= 4 is 11.9 Å². The molecule has 0 aromatic carbocycles. The number of carbonyl (C=O) groups is 2. The molecule has 1 saturated carbocycles. The molecular formula is C7H12N2O4Pt. The van der Waals surface area contributed by atoms with E-state index in [2.05, 4.69) is 0 Å². The molecule has 7 heteroatoms. The van der Waals surface area contributed by atoms with E-state index in [-0.39, 0.29) is 33.1 Å². The van der Waals surface area contributed by atoms with Crippen molar-refractivity contribution < 1.29 is 40.9 Å². The first kappa shape index (κ1) is 16.0. The van der Waals surface area contributed by atoms with E-state index < -0.39 is 11.9 Å². The molecule has 1 rings (SSSR count). The molecule has 0 bridgehead atoms. The standard InChI is InChI=1S/C5H10N2.C2H2O4.Pt/c6-4-2-1-3-5(4)7;3-1(4)2(5)6;/h4-7H,1-3H2;(H,3,4)(H,5,6);/q-2;;+2. The summed E-state index contributed by atoms with van der Waals surface area (Å²) in [4.78, 5) is 18.2. The van der Waals surface area contributed by atoms with E-state index in [9.17, 15) is 0 Å². The Labute approximate surface area is 95.9 Å². The van der Waals surface area contributed by atoms with Gasteiger partial charge >= 0.3 is 33.0 Å². The molecule has 0 heterocycles. The molecule has 4 N–H and O–H groups in total. The molecule has 0 aliphatic heterocycles. The van der Waals surface area contributed by atoms with Crippen LogP contribution >= 0.6 is 0 Å². The SMILES string of the molecule is O=C(O)C(=O)O.[NH-]C1CCCC1[NH-].[Pt+2]. The number of nitrogens with one attached hydrogen (secondary N) is 2. The zero-order chi connectivity index (χ0) is 10.4. The van der Waals surface area contributed by atoms with E-state index in [4.69, 9.17) is 31.3 Å². The largest absolute Gasteiger partial charge is 2.00 e. The first-order valence-electron chi connectivity index (χ1n) is 3.83. The fourth-order valence-corrected chi connectivity index (χ4v) is 0.960. The van der Waals surface area contributed by atoms with Crippen LogP contribution in [0.15, 0.2) is 0 Å². The van der Waals surface area contributed by atoms with E-state index in [1.807, 2.05) is 0 Å². The summed E-state index contributed by atoms with van der Waals surface area (Å²) in [5.74, 6) is -3.65. The first-order valence-corrected chi connectivity index (χ1v) is 3.83. The Morgan fingerprint density at radius 3 is 1.36 bits per heavy atom. The quantitative estimate of drug-likeness (QED) is 0.610. The maximum atomic E-state index is 9.10. The third-order valence-corrected chi connectivity index (χ3v) is 1.70. The summed E-state index contributed by atoms with van der Waals surface area (Å²) in [6, 6.07) is -0.139. The van der Waals surface area contributed by atoms with Crippen LogP contribution in [0.1, 0.15) is 19.3 Å². The van der Waals surface area contributed by atoms with Crippen molar-refractivity contribution in [2.45, 2.75) is 31.3 Å². The van der Waals surface area contributed by atoms with Crippen molar-refractivity contribution in [1.82, 2.24) is 0 Å². The molecule has 0 amide bonds. The number of hydrogen-bond donors (Lipinski definition) is 2. The van der Waals surface area contributed by atoms with Crippen LogP contribution in [0, 0.1) is 0 Å². The van der Waals surface area contributed by atoms with Gasteiger partial charge in [-0.25, -0.2) is 9.59 Å². The minimum absolute atomic E-state index is 0. The smallest absolute Gasteiger partial charge is 0.676 e. The molecule has 0 saturated heterocycles. The van der Waals surface area contributed by atoms with Crippen LogP contribution in [0.25, 0.3) is 11.5 Å². The fraction of sp³-hybridized carbons (Fsp3) is 0.714. The van der Waals surface area contributed by atoms with Crippen LogP contribution in [-0.4, -0.2) is 34.2 Å². The number of rotatable bonds is 0. The molecule has 2 unspecified atom stereocenters. The van der Waals surface area contributed by atoms with Crippen LogP contribution < -0.4 is 0 Å². The Bertz CT molecular complexity index is 180. The van der Waals surface area contributed by atoms with Gasteiger partial charge < -0.3 is 21.7 Å². The normalized spacial score (nSPS) is 24.1. The Balaban J connectivity index is 0. The van der Waals surface area contributed by atoms with Crippen molar-refractivity contribution in [1.29, 1.82) is 0 Å². The van der Waals surface area contributed by atoms with Gasteiger partial charge in [-0.2, -0.15) is 12.1 Å². The van der Waals surface area contributed by atoms with Crippen molar-refractivity contribution in [2.24, 2.45) is 0 Å². The second-order valence-electron chi connectivity index (χ2n) is 2.75. The second-order valence-corrected chi connectivity index (χ2v) is 2.75. The van der Waals surface area contributed by atoms with Crippen LogP contribution in [0.4, 0.5) is 0 Å². The number of hydrogen-bond acceptors (Lipinski definition) is 2. The van der Waals surface area contributed by atoms with Gasteiger partial charge in [-0.05, 0) is 0 Å². The third kappa shape index (κ3) is 7.00. The summed E-state index contributed by atoms with van der Waals surface area (Å²) in [6.07, 6.45) is 3.00. The summed E-state index contributed by atoms with van der Waals surface area (Å²) in [5.41, 5.74) is 14.3. The van der Waals surface area contributed by atoms with Crippen LogP contribution in [0.5, 0.6) is 0 Å². The van der Waals surface area contributed by atoms with Gasteiger partial charge in [0.25, 0.3) is 0 Å².